The number of hydrogen-bond acceptors (Lipinski definition) is 9. The number of carbonyl (C=O) groups is 4. The molecule has 0 aromatic heterocycles. The zero-order valence-corrected chi connectivity index (χ0v) is 23.3. The number of amides is 4. The van der Waals surface area contributed by atoms with Gasteiger partial charge in [-0.25, -0.2) is 13.2 Å². The summed E-state index contributed by atoms with van der Waals surface area (Å²) < 4.78 is 38.0. The minimum absolute atomic E-state index is 0.0871. The molecule has 0 aromatic rings. The summed E-state index contributed by atoms with van der Waals surface area (Å²) in [6.07, 6.45) is 4.01. The molecule has 2 heterocycles. The molecule has 2 aliphatic carbocycles. The summed E-state index contributed by atoms with van der Waals surface area (Å²) in [4.78, 5) is 53.9. The van der Waals surface area contributed by atoms with Crippen molar-refractivity contribution in [3.05, 3.63) is 12.2 Å². The number of rotatable bonds is 4. The fraction of sp³-hybridized carbons (Fsp3) is 0.760. The molecule has 5 unspecified atom stereocenters. The Bertz CT molecular complexity index is 1130. The Morgan fingerprint density at radius 2 is 1.97 bits per heavy atom. The van der Waals surface area contributed by atoms with Gasteiger partial charge in [-0.3, -0.25) is 19.1 Å². The summed E-state index contributed by atoms with van der Waals surface area (Å²) in [5.41, 5.74) is -2.29. The molecule has 5 atom stereocenters. The molecule has 4 N–H and O–H groups in total. The average molecular weight is 571 g/mol. The molecule has 39 heavy (non-hydrogen) atoms. The first-order valence-corrected chi connectivity index (χ1v) is 14.9. The smallest absolute Gasteiger partial charge is 0.408 e. The number of hydrogen-bond donors (Lipinski definition) is 4. The number of carbonyl (C=O) groups excluding carboxylic acids is 4. The number of ether oxygens (including phenoxy) is 2. The third-order valence-electron chi connectivity index (χ3n) is 7.13. The number of aliphatic hydroxyl groups excluding tert-OH is 1. The highest BCUT2D eigenvalue weighted by Crippen LogP contribution is 2.46. The Labute approximate surface area is 228 Å². The molecule has 14 heteroatoms. The normalized spacial score (nSPS) is 32.2. The van der Waals surface area contributed by atoms with Crippen LogP contribution in [0.3, 0.4) is 0 Å². The van der Waals surface area contributed by atoms with E-state index in [-0.39, 0.29) is 32.6 Å². The molecule has 0 spiro atoms. The summed E-state index contributed by atoms with van der Waals surface area (Å²) in [6.45, 7) is 4.99. The van der Waals surface area contributed by atoms with Crippen molar-refractivity contribution < 1.29 is 42.2 Å². The third kappa shape index (κ3) is 7.09. The molecule has 4 rings (SSSR count). The minimum Gasteiger partial charge on any atom is -0.444 e. The number of fused-ring (bicyclic) bond motifs is 2. The lowest BCUT2D eigenvalue weighted by atomic mass is 10.1. The lowest BCUT2D eigenvalue weighted by molar-refractivity contribution is -0.142. The van der Waals surface area contributed by atoms with Crippen LogP contribution in [0.2, 0.25) is 0 Å². The molecule has 0 aromatic carbocycles. The van der Waals surface area contributed by atoms with Crippen molar-refractivity contribution in [1.29, 1.82) is 0 Å². The number of sulfonamides is 1. The number of alkyl carbamates (subject to hydrolysis) is 1. The van der Waals surface area contributed by atoms with Crippen molar-refractivity contribution in [2.45, 2.75) is 93.9 Å². The van der Waals surface area contributed by atoms with Crippen LogP contribution in [-0.2, 0) is 33.9 Å². The van der Waals surface area contributed by atoms with E-state index in [4.69, 9.17) is 9.47 Å². The van der Waals surface area contributed by atoms with Gasteiger partial charge in [0.2, 0.25) is 21.8 Å². The maximum Gasteiger partial charge on any atom is 0.408 e. The van der Waals surface area contributed by atoms with E-state index in [9.17, 15) is 32.7 Å². The molecule has 4 amide bonds. The second-order valence-electron chi connectivity index (χ2n) is 11.7. The van der Waals surface area contributed by atoms with E-state index < -0.39 is 74.3 Å². The molecular formula is C25H38N4O9S. The van der Waals surface area contributed by atoms with Gasteiger partial charge in [0.15, 0.2) is 0 Å². The molecular weight excluding hydrogens is 532 g/mol. The topological polar surface area (TPSA) is 180 Å². The highest BCUT2D eigenvalue weighted by Gasteiger charge is 2.62. The van der Waals surface area contributed by atoms with Crippen molar-refractivity contribution in [2.75, 3.05) is 19.8 Å². The first kappa shape index (κ1) is 29.3. The predicted octanol–water partition coefficient (Wildman–Crippen LogP) is -0.309. The second-order valence-corrected chi connectivity index (χ2v) is 13.6. The van der Waals surface area contributed by atoms with Crippen molar-refractivity contribution in [2.24, 2.45) is 5.92 Å². The largest absolute Gasteiger partial charge is 0.444 e. The van der Waals surface area contributed by atoms with Crippen molar-refractivity contribution in [3.8, 4) is 0 Å². The molecule has 1 saturated heterocycles. The zero-order valence-electron chi connectivity index (χ0n) is 22.5. The number of allylic oxidation sites excluding steroid dienone is 1. The SMILES string of the molecule is CC(C)(C)OC(=O)NC1COCCCC=CC2CC2(C(=O)NS(=O)(=O)C2CC2)NC(=O)C2CC(O)CN2C1=O. The van der Waals surface area contributed by atoms with Crippen molar-refractivity contribution >= 4 is 33.8 Å². The van der Waals surface area contributed by atoms with Crippen molar-refractivity contribution in [1.82, 2.24) is 20.3 Å². The molecule has 0 bridgehead atoms. The summed E-state index contributed by atoms with van der Waals surface area (Å²) in [5, 5.41) is 15.0. The molecule has 4 aliphatic rings. The van der Waals surface area contributed by atoms with E-state index in [1.807, 2.05) is 6.08 Å². The molecule has 0 radical (unpaired) electrons. The van der Waals surface area contributed by atoms with E-state index in [0.717, 1.165) is 4.90 Å². The Morgan fingerprint density at radius 3 is 2.64 bits per heavy atom. The highest BCUT2D eigenvalue weighted by atomic mass is 32.2. The number of nitrogens with one attached hydrogen (secondary N) is 3. The number of aliphatic hydroxyl groups is 1. The van der Waals surface area contributed by atoms with Gasteiger partial charge < -0.3 is 30.1 Å². The van der Waals surface area contributed by atoms with Gasteiger partial charge in [-0.15, -0.1) is 0 Å². The maximum atomic E-state index is 13.5. The van der Waals surface area contributed by atoms with Crippen LogP contribution in [0.1, 0.15) is 59.3 Å². The summed E-state index contributed by atoms with van der Waals surface area (Å²) >= 11 is 0. The average Bonchev–Trinajstić information content (AvgIpc) is 3.73. The fourth-order valence-electron chi connectivity index (χ4n) is 4.86. The summed E-state index contributed by atoms with van der Waals surface area (Å²) in [7, 11) is -3.85. The van der Waals surface area contributed by atoms with Crippen molar-refractivity contribution in [3.63, 3.8) is 0 Å². The third-order valence-corrected chi connectivity index (χ3v) is 8.95. The Balaban J connectivity index is 1.57. The Hall–Kier alpha value is -2.71. The number of nitrogens with zero attached hydrogens (tertiary/aromatic N) is 1. The quantitative estimate of drug-likeness (QED) is 0.330. The molecule has 2 saturated carbocycles. The maximum absolute atomic E-state index is 13.5. The first-order chi connectivity index (χ1) is 18.2. The van der Waals surface area contributed by atoms with E-state index in [2.05, 4.69) is 15.4 Å². The van der Waals surface area contributed by atoms with E-state index in [0.29, 0.717) is 25.7 Å². The van der Waals surface area contributed by atoms with Crippen LogP contribution in [0.4, 0.5) is 4.79 Å². The van der Waals surface area contributed by atoms with E-state index in [1.54, 1.807) is 26.8 Å². The monoisotopic (exact) mass is 570 g/mol. The van der Waals surface area contributed by atoms with Gasteiger partial charge >= 0.3 is 6.09 Å². The van der Waals surface area contributed by atoms with Crippen LogP contribution in [0.15, 0.2) is 12.2 Å². The standard InChI is InChI=1S/C25H38N4O9S/c1-24(2,3)38-23(34)26-18-14-37-10-6-4-5-7-15-12-25(15,22(33)28-39(35,36)17-8-9-17)27-20(31)19-11-16(30)13-29(19)21(18)32/h5,7,15-19,30H,4,6,8-14H2,1-3H3,(H,26,34)(H,27,31)(H,28,33). The molecule has 218 valence electrons. The van der Waals surface area contributed by atoms with E-state index >= 15 is 0 Å². The van der Waals surface area contributed by atoms with Gasteiger partial charge in [-0.2, -0.15) is 0 Å². The first-order valence-electron chi connectivity index (χ1n) is 13.3. The lowest BCUT2D eigenvalue weighted by Gasteiger charge is -2.30. The van der Waals surface area contributed by atoms with Gasteiger partial charge in [-0.1, -0.05) is 12.2 Å². The summed E-state index contributed by atoms with van der Waals surface area (Å²) in [5.74, 6) is -2.58. The molecule has 3 fully saturated rings. The van der Waals surface area contributed by atoms with Gasteiger partial charge in [0, 0.05) is 25.5 Å². The zero-order chi connectivity index (χ0) is 28.6. The van der Waals surface area contributed by atoms with Crippen LogP contribution in [0.25, 0.3) is 0 Å². The lowest BCUT2D eigenvalue weighted by Crippen LogP contribution is -2.59. The Morgan fingerprint density at radius 1 is 1.26 bits per heavy atom. The van der Waals surface area contributed by atoms with Crippen LogP contribution in [-0.4, -0.2) is 96.6 Å². The molecule has 13 nitrogen and oxygen atoms in total. The van der Waals surface area contributed by atoms with Crippen LogP contribution >= 0.6 is 0 Å². The minimum atomic E-state index is -3.85. The van der Waals surface area contributed by atoms with Crippen LogP contribution < -0.4 is 15.4 Å². The molecule has 2 aliphatic heterocycles. The van der Waals surface area contributed by atoms with E-state index in [1.165, 1.54) is 0 Å². The predicted molar refractivity (Wildman–Crippen MR) is 138 cm³/mol. The van der Waals surface area contributed by atoms with Crippen LogP contribution in [0, 0.1) is 5.92 Å². The second kappa shape index (κ2) is 11.0. The fourth-order valence-corrected chi connectivity index (χ4v) is 6.23. The Kier molecular flexibility index (Phi) is 8.29. The van der Waals surface area contributed by atoms with Gasteiger partial charge in [0.1, 0.15) is 23.2 Å². The van der Waals surface area contributed by atoms with Gasteiger partial charge in [0.25, 0.3) is 5.91 Å². The summed E-state index contributed by atoms with van der Waals surface area (Å²) in [6, 6.07) is -2.33. The van der Waals surface area contributed by atoms with Gasteiger partial charge in [-0.05, 0) is 52.9 Å². The highest BCUT2D eigenvalue weighted by molar-refractivity contribution is 7.91. The van der Waals surface area contributed by atoms with Crippen LogP contribution in [0.5, 0.6) is 0 Å². The van der Waals surface area contributed by atoms with Gasteiger partial charge in [0.05, 0.1) is 18.0 Å².